The van der Waals surface area contributed by atoms with Crippen molar-refractivity contribution in [3.8, 4) is 11.5 Å². The van der Waals surface area contributed by atoms with Crippen LogP contribution in [0.4, 0.5) is 5.69 Å². The number of aromatic amines is 1. The molecule has 2 aromatic heterocycles. The molecule has 25 heavy (non-hydrogen) atoms. The lowest BCUT2D eigenvalue weighted by Gasteiger charge is -2.07. The Kier molecular flexibility index (Phi) is 3.57. The van der Waals surface area contributed by atoms with E-state index in [2.05, 4.69) is 20.5 Å². The first-order chi connectivity index (χ1) is 12.1. The van der Waals surface area contributed by atoms with Crippen molar-refractivity contribution in [3.05, 3.63) is 65.7 Å². The number of nitrogens with zero attached hydrogens (tertiary/aromatic N) is 2. The normalized spacial score (nSPS) is 11.0. The molecule has 0 atom stereocenters. The fourth-order valence-electron chi connectivity index (χ4n) is 2.87. The standard InChI is InChI=1S/C19H16N4O2/c1-11-12(2)21-17-15(11)4-3-5-16(17)18(24)22-14-8-6-13(7-9-14)19-23-20-10-25-19/h3-10,21H,1-2H3,(H,22,24). The number of benzene rings is 2. The summed E-state index contributed by atoms with van der Waals surface area (Å²) in [6, 6.07) is 13.0. The summed E-state index contributed by atoms with van der Waals surface area (Å²) in [6.45, 7) is 4.05. The van der Waals surface area contributed by atoms with Crippen LogP contribution in [0.1, 0.15) is 21.6 Å². The Morgan fingerprint density at radius 3 is 2.64 bits per heavy atom. The van der Waals surface area contributed by atoms with Crippen molar-refractivity contribution in [1.82, 2.24) is 15.2 Å². The maximum absolute atomic E-state index is 12.7. The maximum Gasteiger partial charge on any atom is 0.257 e. The third-order valence-electron chi connectivity index (χ3n) is 4.34. The molecule has 4 aromatic rings. The van der Waals surface area contributed by atoms with Crippen LogP contribution in [0.15, 0.2) is 53.3 Å². The lowest BCUT2D eigenvalue weighted by molar-refractivity contribution is 0.102. The molecule has 0 spiro atoms. The fraction of sp³-hybridized carbons (Fsp3) is 0.105. The number of aromatic nitrogens is 3. The Hall–Kier alpha value is -3.41. The molecule has 0 saturated carbocycles. The summed E-state index contributed by atoms with van der Waals surface area (Å²) in [5.41, 5.74) is 5.21. The van der Waals surface area contributed by atoms with Crippen molar-refractivity contribution in [1.29, 1.82) is 0 Å². The van der Waals surface area contributed by atoms with Gasteiger partial charge in [0.1, 0.15) is 0 Å². The highest BCUT2D eigenvalue weighted by Crippen LogP contribution is 2.25. The number of carbonyl (C=O) groups is 1. The Morgan fingerprint density at radius 2 is 1.92 bits per heavy atom. The monoisotopic (exact) mass is 332 g/mol. The van der Waals surface area contributed by atoms with E-state index in [1.54, 1.807) is 0 Å². The van der Waals surface area contributed by atoms with E-state index in [0.29, 0.717) is 17.1 Å². The number of H-pyrrole nitrogens is 1. The number of hydrogen-bond donors (Lipinski definition) is 2. The summed E-state index contributed by atoms with van der Waals surface area (Å²) in [5, 5.41) is 11.5. The number of carbonyl (C=O) groups excluding carboxylic acids is 1. The summed E-state index contributed by atoms with van der Waals surface area (Å²) in [7, 11) is 0. The van der Waals surface area contributed by atoms with Gasteiger partial charge in [-0.2, -0.15) is 0 Å². The van der Waals surface area contributed by atoms with Gasteiger partial charge in [-0.25, -0.2) is 0 Å². The minimum atomic E-state index is -0.155. The van der Waals surface area contributed by atoms with Crippen LogP contribution >= 0.6 is 0 Å². The van der Waals surface area contributed by atoms with Crippen LogP contribution < -0.4 is 5.32 Å². The predicted octanol–water partition coefficient (Wildman–Crippen LogP) is 4.09. The third kappa shape index (κ3) is 2.67. The molecule has 1 amide bonds. The van der Waals surface area contributed by atoms with Crippen LogP contribution in [0.5, 0.6) is 0 Å². The molecule has 0 aliphatic heterocycles. The molecule has 2 N–H and O–H groups in total. The molecule has 124 valence electrons. The molecule has 0 aliphatic carbocycles. The van der Waals surface area contributed by atoms with E-state index in [4.69, 9.17) is 4.42 Å². The Bertz CT molecular complexity index is 1050. The molecule has 0 unspecified atom stereocenters. The first-order valence-corrected chi connectivity index (χ1v) is 7.89. The van der Waals surface area contributed by atoms with Crippen LogP contribution in [0.25, 0.3) is 22.4 Å². The Labute approximate surface area is 143 Å². The van der Waals surface area contributed by atoms with Crippen molar-refractivity contribution >= 4 is 22.5 Å². The van der Waals surface area contributed by atoms with E-state index in [1.807, 2.05) is 56.3 Å². The van der Waals surface area contributed by atoms with Gasteiger partial charge in [0.05, 0.1) is 11.1 Å². The van der Waals surface area contributed by atoms with Crippen LogP contribution in [-0.4, -0.2) is 21.1 Å². The largest absolute Gasteiger partial charge is 0.423 e. The molecular formula is C19H16N4O2. The van der Waals surface area contributed by atoms with Crippen molar-refractivity contribution < 1.29 is 9.21 Å². The van der Waals surface area contributed by atoms with Gasteiger partial charge in [0.25, 0.3) is 5.91 Å². The number of aryl methyl sites for hydroxylation is 2. The number of nitrogens with one attached hydrogen (secondary N) is 2. The molecule has 4 rings (SSSR count). The average molecular weight is 332 g/mol. The van der Waals surface area contributed by atoms with E-state index < -0.39 is 0 Å². The molecule has 0 fully saturated rings. The first kappa shape index (κ1) is 15.1. The number of para-hydroxylation sites is 1. The van der Waals surface area contributed by atoms with Gasteiger partial charge in [-0.3, -0.25) is 4.79 Å². The molecule has 0 radical (unpaired) electrons. The van der Waals surface area contributed by atoms with Gasteiger partial charge in [0, 0.05) is 22.3 Å². The molecule has 6 nitrogen and oxygen atoms in total. The zero-order valence-corrected chi connectivity index (χ0v) is 13.8. The van der Waals surface area contributed by atoms with Gasteiger partial charge in [-0.05, 0) is 49.7 Å². The van der Waals surface area contributed by atoms with E-state index in [1.165, 1.54) is 6.39 Å². The number of fused-ring (bicyclic) bond motifs is 1. The summed E-state index contributed by atoms with van der Waals surface area (Å²) in [4.78, 5) is 16.0. The van der Waals surface area contributed by atoms with Crippen LogP contribution in [0, 0.1) is 13.8 Å². The third-order valence-corrected chi connectivity index (χ3v) is 4.34. The van der Waals surface area contributed by atoms with Gasteiger partial charge in [-0.1, -0.05) is 12.1 Å². The number of rotatable bonds is 3. The minimum absolute atomic E-state index is 0.155. The highest BCUT2D eigenvalue weighted by molar-refractivity contribution is 6.12. The average Bonchev–Trinajstić information content (AvgIpc) is 3.25. The van der Waals surface area contributed by atoms with E-state index >= 15 is 0 Å². The maximum atomic E-state index is 12.7. The number of amides is 1. The molecule has 0 bridgehead atoms. The second kappa shape index (κ2) is 5.90. The minimum Gasteiger partial charge on any atom is -0.423 e. The lowest BCUT2D eigenvalue weighted by Crippen LogP contribution is -2.12. The van der Waals surface area contributed by atoms with Crippen molar-refractivity contribution in [2.75, 3.05) is 5.32 Å². The summed E-state index contributed by atoms with van der Waals surface area (Å²) in [5.74, 6) is 0.289. The van der Waals surface area contributed by atoms with Crippen LogP contribution in [0.2, 0.25) is 0 Å². The smallest absolute Gasteiger partial charge is 0.257 e. The second-order valence-corrected chi connectivity index (χ2v) is 5.88. The zero-order valence-electron chi connectivity index (χ0n) is 13.8. The van der Waals surface area contributed by atoms with Crippen LogP contribution in [-0.2, 0) is 0 Å². The zero-order chi connectivity index (χ0) is 17.4. The molecule has 0 saturated heterocycles. The van der Waals surface area contributed by atoms with E-state index in [0.717, 1.165) is 27.7 Å². The highest BCUT2D eigenvalue weighted by Gasteiger charge is 2.14. The fourth-order valence-corrected chi connectivity index (χ4v) is 2.87. The SMILES string of the molecule is Cc1[nH]c2c(C(=O)Nc3ccc(-c4nnco4)cc3)cccc2c1C. The molecule has 2 heterocycles. The van der Waals surface area contributed by atoms with Crippen molar-refractivity contribution in [2.45, 2.75) is 13.8 Å². The highest BCUT2D eigenvalue weighted by atomic mass is 16.4. The quantitative estimate of drug-likeness (QED) is 0.592. The summed E-state index contributed by atoms with van der Waals surface area (Å²) in [6.07, 6.45) is 1.28. The Balaban J connectivity index is 1.61. The van der Waals surface area contributed by atoms with Gasteiger partial charge < -0.3 is 14.7 Å². The van der Waals surface area contributed by atoms with Gasteiger partial charge in [0.15, 0.2) is 0 Å². The van der Waals surface area contributed by atoms with E-state index in [-0.39, 0.29) is 5.91 Å². The number of anilines is 1. The molecule has 6 heteroatoms. The first-order valence-electron chi connectivity index (χ1n) is 7.89. The topological polar surface area (TPSA) is 83.8 Å². The summed E-state index contributed by atoms with van der Waals surface area (Å²) < 4.78 is 5.16. The molecule has 0 aliphatic rings. The number of hydrogen-bond acceptors (Lipinski definition) is 4. The molecule has 2 aromatic carbocycles. The van der Waals surface area contributed by atoms with Gasteiger partial charge >= 0.3 is 0 Å². The Morgan fingerprint density at radius 1 is 1.12 bits per heavy atom. The van der Waals surface area contributed by atoms with Crippen LogP contribution in [0.3, 0.4) is 0 Å². The van der Waals surface area contributed by atoms with E-state index in [9.17, 15) is 4.79 Å². The van der Waals surface area contributed by atoms with Gasteiger partial charge in [-0.15, -0.1) is 10.2 Å². The van der Waals surface area contributed by atoms with Crippen molar-refractivity contribution in [2.24, 2.45) is 0 Å². The second-order valence-electron chi connectivity index (χ2n) is 5.88. The predicted molar refractivity (Wildman–Crippen MR) is 95.5 cm³/mol. The lowest BCUT2D eigenvalue weighted by atomic mass is 10.1. The summed E-state index contributed by atoms with van der Waals surface area (Å²) >= 11 is 0. The van der Waals surface area contributed by atoms with Crippen molar-refractivity contribution in [3.63, 3.8) is 0 Å². The van der Waals surface area contributed by atoms with Gasteiger partial charge in [0.2, 0.25) is 12.3 Å². The molecular weight excluding hydrogens is 316 g/mol.